The number of sulfone groups is 1. The van der Waals surface area contributed by atoms with E-state index in [1.54, 1.807) is 0 Å². The molecule has 0 radical (unpaired) electrons. The summed E-state index contributed by atoms with van der Waals surface area (Å²) in [6.07, 6.45) is 2.60. The van der Waals surface area contributed by atoms with Crippen LogP contribution in [0.2, 0.25) is 0 Å². The summed E-state index contributed by atoms with van der Waals surface area (Å²) in [5, 5.41) is 3.33. The van der Waals surface area contributed by atoms with Gasteiger partial charge in [-0.25, -0.2) is 8.42 Å². The molecule has 17 heavy (non-hydrogen) atoms. The minimum absolute atomic E-state index is 0.0494. The number of carbonyl (C=O) groups excluding carboxylic acids is 1. The second-order valence-corrected chi connectivity index (χ2v) is 7.86. The van der Waals surface area contributed by atoms with Crippen molar-refractivity contribution in [2.75, 3.05) is 18.1 Å². The number of nitrogens with zero attached hydrogens (tertiary/aromatic N) is 1. The normalized spacial score (nSPS) is 37.9. The Hall–Kier alpha value is -0.620. The van der Waals surface area contributed by atoms with Crippen molar-refractivity contribution >= 4 is 15.7 Å². The van der Waals surface area contributed by atoms with Crippen molar-refractivity contribution in [3.05, 3.63) is 0 Å². The number of hydrogen-bond donors (Lipinski definition) is 1. The Morgan fingerprint density at radius 3 is 2.65 bits per heavy atom. The SMILES string of the molecule is CC1NC2(CC2)C(=O)N1CC1CCS(=O)(=O)C1. The van der Waals surface area contributed by atoms with Gasteiger partial charge in [0, 0.05) is 6.54 Å². The molecular formula is C11H18N2O3S. The van der Waals surface area contributed by atoms with Crippen molar-refractivity contribution < 1.29 is 13.2 Å². The highest BCUT2D eigenvalue weighted by Gasteiger charge is 2.58. The number of hydrogen-bond acceptors (Lipinski definition) is 4. The molecular weight excluding hydrogens is 240 g/mol. The maximum absolute atomic E-state index is 12.2. The lowest BCUT2D eigenvalue weighted by Gasteiger charge is -2.23. The van der Waals surface area contributed by atoms with Gasteiger partial charge in [-0.05, 0) is 32.1 Å². The van der Waals surface area contributed by atoms with Gasteiger partial charge in [0.1, 0.15) is 0 Å². The van der Waals surface area contributed by atoms with Crippen LogP contribution in [0.1, 0.15) is 26.2 Å². The van der Waals surface area contributed by atoms with Gasteiger partial charge in [-0.15, -0.1) is 0 Å². The molecule has 1 spiro atoms. The van der Waals surface area contributed by atoms with Crippen LogP contribution in [0, 0.1) is 5.92 Å². The summed E-state index contributed by atoms with van der Waals surface area (Å²) in [6.45, 7) is 2.57. The van der Waals surface area contributed by atoms with Crippen molar-refractivity contribution in [1.29, 1.82) is 0 Å². The van der Waals surface area contributed by atoms with Crippen LogP contribution in [0.3, 0.4) is 0 Å². The van der Waals surface area contributed by atoms with E-state index in [1.165, 1.54) is 0 Å². The molecule has 6 heteroatoms. The second-order valence-electron chi connectivity index (χ2n) is 5.63. The van der Waals surface area contributed by atoms with Gasteiger partial charge in [0.2, 0.25) is 5.91 Å². The highest BCUT2D eigenvalue weighted by molar-refractivity contribution is 7.91. The van der Waals surface area contributed by atoms with Crippen molar-refractivity contribution in [3.8, 4) is 0 Å². The monoisotopic (exact) mass is 258 g/mol. The van der Waals surface area contributed by atoms with Crippen LogP contribution < -0.4 is 5.32 Å². The van der Waals surface area contributed by atoms with Crippen molar-refractivity contribution in [2.45, 2.75) is 37.9 Å². The van der Waals surface area contributed by atoms with E-state index in [0.29, 0.717) is 13.0 Å². The number of carbonyl (C=O) groups is 1. The van der Waals surface area contributed by atoms with Gasteiger partial charge < -0.3 is 4.90 Å². The third kappa shape index (κ3) is 1.87. The van der Waals surface area contributed by atoms with Crippen molar-refractivity contribution in [2.24, 2.45) is 5.92 Å². The molecule has 3 rings (SSSR count). The molecule has 5 nitrogen and oxygen atoms in total. The van der Waals surface area contributed by atoms with Crippen LogP contribution in [0.25, 0.3) is 0 Å². The van der Waals surface area contributed by atoms with Gasteiger partial charge in [-0.2, -0.15) is 0 Å². The summed E-state index contributed by atoms with van der Waals surface area (Å²) in [6, 6.07) is 0. The predicted octanol–water partition coefficient (Wildman–Crippen LogP) is -0.268. The Balaban J connectivity index is 1.68. The molecule has 2 saturated heterocycles. The van der Waals surface area contributed by atoms with Crippen LogP contribution in [-0.4, -0.2) is 49.0 Å². The molecule has 1 amide bonds. The predicted molar refractivity (Wildman–Crippen MR) is 63.0 cm³/mol. The molecule has 3 fully saturated rings. The largest absolute Gasteiger partial charge is 0.326 e. The first-order chi connectivity index (χ1) is 7.92. The van der Waals surface area contributed by atoms with E-state index in [1.807, 2.05) is 11.8 Å². The first kappa shape index (κ1) is 11.5. The molecule has 0 aromatic carbocycles. The molecule has 1 saturated carbocycles. The molecule has 96 valence electrons. The van der Waals surface area contributed by atoms with Crippen molar-refractivity contribution in [3.63, 3.8) is 0 Å². The van der Waals surface area contributed by atoms with Crippen LogP contribution in [0.4, 0.5) is 0 Å². The fraction of sp³-hybridized carbons (Fsp3) is 0.909. The Labute approximate surface area is 101 Å². The lowest BCUT2D eigenvalue weighted by Crippen LogP contribution is -2.38. The third-order valence-electron chi connectivity index (χ3n) is 4.15. The van der Waals surface area contributed by atoms with Gasteiger partial charge in [-0.1, -0.05) is 0 Å². The quantitative estimate of drug-likeness (QED) is 0.740. The molecule has 0 bridgehead atoms. The number of rotatable bonds is 2. The maximum Gasteiger partial charge on any atom is 0.244 e. The average molecular weight is 258 g/mol. The van der Waals surface area contributed by atoms with Gasteiger partial charge >= 0.3 is 0 Å². The zero-order chi connectivity index (χ0) is 12.3. The molecule has 2 unspecified atom stereocenters. The fourth-order valence-electron chi connectivity index (χ4n) is 3.01. The standard InChI is InChI=1S/C11H18N2O3S/c1-8-12-11(3-4-11)10(14)13(8)6-9-2-5-17(15,16)7-9/h8-9,12H,2-7H2,1H3. The second kappa shape index (κ2) is 3.45. The molecule has 1 aliphatic carbocycles. The first-order valence-electron chi connectivity index (χ1n) is 6.21. The Bertz CT molecular complexity index is 455. The molecule has 3 aliphatic rings. The zero-order valence-corrected chi connectivity index (χ0v) is 10.8. The molecule has 0 aromatic rings. The topological polar surface area (TPSA) is 66.5 Å². The van der Waals surface area contributed by atoms with Gasteiger partial charge in [0.05, 0.1) is 23.2 Å². The van der Waals surface area contributed by atoms with E-state index in [-0.39, 0.29) is 35.0 Å². The lowest BCUT2D eigenvalue weighted by atomic mass is 10.1. The van der Waals surface area contributed by atoms with Crippen LogP contribution >= 0.6 is 0 Å². The minimum atomic E-state index is -2.84. The van der Waals surface area contributed by atoms with E-state index < -0.39 is 9.84 Å². The Morgan fingerprint density at radius 2 is 2.18 bits per heavy atom. The van der Waals surface area contributed by atoms with E-state index >= 15 is 0 Å². The minimum Gasteiger partial charge on any atom is -0.326 e. The van der Waals surface area contributed by atoms with E-state index in [0.717, 1.165) is 12.8 Å². The zero-order valence-electron chi connectivity index (χ0n) is 9.98. The fourth-order valence-corrected chi connectivity index (χ4v) is 4.86. The lowest BCUT2D eigenvalue weighted by molar-refractivity contribution is -0.131. The van der Waals surface area contributed by atoms with Gasteiger partial charge in [0.25, 0.3) is 0 Å². The molecule has 2 aliphatic heterocycles. The van der Waals surface area contributed by atoms with Crippen LogP contribution in [-0.2, 0) is 14.6 Å². The molecule has 2 heterocycles. The molecule has 2 atom stereocenters. The molecule has 1 N–H and O–H groups in total. The highest BCUT2D eigenvalue weighted by atomic mass is 32.2. The summed E-state index contributed by atoms with van der Waals surface area (Å²) < 4.78 is 22.8. The van der Waals surface area contributed by atoms with Crippen molar-refractivity contribution in [1.82, 2.24) is 10.2 Å². The maximum atomic E-state index is 12.2. The van der Waals surface area contributed by atoms with E-state index in [2.05, 4.69) is 5.32 Å². The molecule has 0 aromatic heterocycles. The van der Waals surface area contributed by atoms with Crippen LogP contribution in [0.15, 0.2) is 0 Å². The summed E-state index contributed by atoms with van der Waals surface area (Å²) >= 11 is 0. The van der Waals surface area contributed by atoms with Gasteiger partial charge in [-0.3, -0.25) is 10.1 Å². The summed E-state index contributed by atoms with van der Waals surface area (Å²) in [5.74, 6) is 0.833. The summed E-state index contributed by atoms with van der Waals surface area (Å²) in [5.41, 5.74) is -0.281. The van der Waals surface area contributed by atoms with Gasteiger partial charge in [0.15, 0.2) is 9.84 Å². The number of amides is 1. The number of nitrogens with one attached hydrogen (secondary N) is 1. The summed E-state index contributed by atoms with van der Waals surface area (Å²) in [4.78, 5) is 14.0. The third-order valence-corrected chi connectivity index (χ3v) is 5.99. The van der Waals surface area contributed by atoms with E-state index in [4.69, 9.17) is 0 Å². The Morgan fingerprint density at radius 1 is 1.47 bits per heavy atom. The average Bonchev–Trinajstić information content (AvgIpc) is 2.88. The smallest absolute Gasteiger partial charge is 0.244 e. The van der Waals surface area contributed by atoms with Crippen LogP contribution in [0.5, 0.6) is 0 Å². The Kier molecular flexibility index (Phi) is 2.32. The first-order valence-corrected chi connectivity index (χ1v) is 8.03. The summed E-state index contributed by atoms with van der Waals surface area (Å²) in [7, 11) is -2.84. The highest BCUT2D eigenvalue weighted by Crippen LogP contribution is 2.42. The van der Waals surface area contributed by atoms with E-state index in [9.17, 15) is 13.2 Å².